The van der Waals surface area contributed by atoms with E-state index in [4.69, 9.17) is 0 Å². The van der Waals surface area contributed by atoms with Crippen molar-refractivity contribution >= 4 is 28.3 Å². The number of carbonyl (C=O) groups excluding carboxylic acids is 2. The molecule has 0 fully saturated rings. The van der Waals surface area contributed by atoms with Gasteiger partial charge in [-0.05, 0) is 36.2 Å². The van der Waals surface area contributed by atoms with E-state index in [1.54, 1.807) is 5.38 Å². The predicted molar refractivity (Wildman–Crippen MR) is 103 cm³/mol. The van der Waals surface area contributed by atoms with Gasteiger partial charge in [0.25, 0.3) is 11.8 Å². The van der Waals surface area contributed by atoms with Gasteiger partial charge in [-0.3, -0.25) is 14.9 Å². The molecule has 1 aliphatic heterocycles. The lowest BCUT2D eigenvalue weighted by molar-refractivity contribution is -0.120. The topological polar surface area (TPSA) is 82.5 Å². The minimum absolute atomic E-state index is 0.0212. The number of phenolic OH excluding ortho intramolecular Hbond substituents is 1. The van der Waals surface area contributed by atoms with Crippen LogP contribution in [0, 0.1) is 12.7 Å². The van der Waals surface area contributed by atoms with Crippen LogP contribution in [0.2, 0.25) is 0 Å². The molecule has 142 valence electrons. The summed E-state index contributed by atoms with van der Waals surface area (Å²) >= 11 is 1.22. The number of nitrogens with one attached hydrogen (secondary N) is 1. The molecule has 2 N–H and O–H groups in total. The fraction of sp³-hybridized carbons (Fsp3) is 0.150. The summed E-state index contributed by atoms with van der Waals surface area (Å²) in [5, 5.41) is 15.0. The summed E-state index contributed by atoms with van der Waals surface area (Å²) in [7, 11) is 0. The number of halogens is 1. The molecule has 6 nitrogen and oxygen atoms in total. The highest BCUT2D eigenvalue weighted by molar-refractivity contribution is 7.13. The average Bonchev–Trinajstić information content (AvgIpc) is 3.27. The van der Waals surface area contributed by atoms with E-state index >= 15 is 0 Å². The molecule has 2 heterocycles. The number of fused-ring (bicyclic) bond motifs is 1. The number of thiazole rings is 1. The Labute approximate surface area is 164 Å². The maximum Gasteiger partial charge on any atom is 0.255 e. The van der Waals surface area contributed by atoms with Crippen molar-refractivity contribution in [3.8, 4) is 5.75 Å². The Morgan fingerprint density at radius 2 is 2.18 bits per heavy atom. The number of hydrogen-bond donors (Lipinski definition) is 2. The third kappa shape index (κ3) is 3.11. The van der Waals surface area contributed by atoms with Gasteiger partial charge in [0, 0.05) is 29.2 Å². The van der Waals surface area contributed by atoms with E-state index < -0.39 is 17.8 Å². The van der Waals surface area contributed by atoms with Gasteiger partial charge in [0.2, 0.25) is 0 Å². The second-order valence-corrected chi connectivity index (χ2v) is 7.37. The zero-order chi connectivity index (χ0) is 19.8. The molecule has 2 amide bonds. The van der Waals surface area contributed by atoms with Gasteiger partial charge < -0.3 is 10.0 Å². The van der Waals surface area contributed by atoms with Crippen LogP contribution in [0.15, 0.2) is 48.0 Å². The largest absolute Gasteiger partial charge is 0.508 e. The molecule has 0 bridgehead atoms. The van der Waals surface area contributed by atoms with Gasteiger partial charge >= 0.3 is 0 Å². The molecule has 0 radical (unpaired) electrons. The number of carbonyl (C=O) groups is 2. The highest BCUT2D eigenvalue weighted by atomic mass is 32.1. The van der Waals surface area contributed by atoms with E-state index in [0.717, 1.165) is 23.3 Å². The summed E-state index contributed by atoms with van der Waals surface area (Å²) in [6.45, 7) is 2.01. The van der Waals surface area contributed by atoms with E-state index in [0.29, 0.717) is 10.7 Å². The molecule has 1 aliphatic rings. The maximum absolute atomic E-state index is 13.9. The summed E-state index contributed by atoms with van der Waals surface area (Å²) in [6, 6.07) is 7.62. The number of benzene rings is 2. The van der Waals surface area contributed by atoms with Crippen molar-refractivity contribution in [1.29, 1.82) is 0 Å². The monoisotopic (exact) mass is 397 g/mol. The van der Waals surface area contributed by atoms with Crippen molar-refractivity contribution < 1.29 is 19.1 Å². The van der Waals surface area contributed by atoms with Gasteiger partial charge in [0.05, 0.1) is 0 Å². The van der Waals surface area contributed by atoms with Crippen molar-refractivity contribution in [2.45, 2.75) is 19.5 Å². The van der Waals surface area contributed by atoms with Gasteiger partial charge in [0.1, 0.15) is 17.6 Å². The Hall–Kier alpha value is -3.26. The number of rotatable bonds is 4. The standard InChI is InChI=1S/C20H16FN3O3S/c1-11-3-2-4-12-10-24(19(27)16(11)12)17(14-9-13(21)5-6-15(14)25)18(26)23-20-22-7-8-28-20/h2-9,17,25H,10H2,1H3,(H,22,23,26). The van der Waals surface area contributed by atoms with Gasteiger partial charge in [-0.15, -0.1) is 11.3 Å². The fourth-order valence-electron chi connectivity index (χ4n) is 3.43. The Balaban J connectivity index is 1.78. The number of aromatic nitrogens is 1. The number of phenols is 1. The summed E-state index contributed by atoms with van der Waals surface area (Å²) in [4.78, 5) is 31.5. The normalized spacial score (nSPS) is 14.1. The minimum atomic E-state index is -1.21. The fourth-order valence-corrected chi connectivity index (χ4v) is 3.96. The Morgan fingerprint density at radius 1 is 1.36 bits per heavy atom. The number of aromatic hydroxyl groups is 1. The van der Waals surface area contributed by atoms with Gasteiger partial charge in [-0.1, -0.05) is 18.2 Å². The predicted octanol–water partition coefficient (Wildman–Crippen LogP) is 3.63. The zero-order valence-electron chi connectivity index (χ0n) is 14.8. The second-order valence-electron chi connectivity index (χ2n) is 6.47. The first-order chi connectivity index (χ1) is 13.5. The Bertz CT molecular complexity index is 1070. The highest BCUT2D eigenvalue weighted by Gasteiger charge is 2.39. The molecule has 0 saturated carbocycles. The van der Waals surface area contributed by atoms with E-state index in [9.17, 15) is 19.1 Å². The van der Waals surface area contributed by atoms with Crippen LogP contribution in [0.25, 0.3) is 0 Å². The van der Waals surface area contributed by atoms with Crippen LogP contribution in [-0.4, -0.2) is 26.8 Å². The van der Waals surface area contributed by atoms with Crippen LogP contribution >= 0.6 is 11.3 Å². The molecule has 0 spiro atoms. The lowest BCUT2D eigenvalue weighted by atomic mass is 10.0. The molecule has 4 rings (SSSR count). The molecule has 2 aromatic carbocycles. The average molecular weight is 397 g/mol. The minimum Gasteiger partial charge on any atom is -0.508 e. The summed E-state index contributed by atoms with van der Waals surface area (Å²) in [6.07, 6.45) is 1.54. The molecule has 0 aliphatic carbocycles. The first-order valence-corrected chi connectivity index (χ1v) is 9.42. The lowest BCUT2D eigenvalue weighted by Gasteiger charge is -2.27. The SMILES string of the molecule is Cc1cccc2c1C(=O)N(C(C(=O)Nc1nccs1)c1cc(F)ccc1O)C2. The van der Waals surface area contributed by atoms with Gasteiger partial charge in [-0.25, -0.2) is 9.37 Å². The van der Waals surface area contributed by atoms with Crippen LogP contribution in [-0.2, 0) is 11.3 Å². The van der Waals surface area contributed by atoms with Crippen molar-refractivity contribution in [3.05, 3.63) is 76.0 Å². The van der Waals surface area contributed by atoms with Crippen LogP contribution in [0.4, 0.5) is 9.52 Å². The molecule has 0 saturated heterocycles. The smallest absolute Gasteiger partial charge is 0.255 e. The quantitative estimate of drug-likeness (QED) is 0.704. The number of anilines is 1. The first-order valence-electron chi connectivity index (χ1n) is 8.54. The van der Waals surface area contributed by atoms with E-state index in [1.807, 2.05) is 25.1 Å². The number of aryl methyl sites for hydroxylation is 1. The molecule has 3 aromatic rings. The molecule has 1 unspecified atom stereocenters. The van der Waals surface area contributed by atoms with Crippen molar-refractivity contribution in [2.24, 2.45) is 0 Å². The summed E-state index contributed by atoms with van der Waals surface area (Å²) in [5.74, 6) is -1.79. The molecule has 8 heteroatoms. The zero-order valence-corrected chi connectivity index (χ0v) is 15.7. The molecular weight excluding hydrogens is 381 g/mol. The van der Waals surface area contributed by atoms with Crippen molar-refractivity contribution in [1.82, 2.24) is 9.88 Å². The highest BCUT2D eigenvalue weighted by Crippen LogP contribution is 2.37. The Kier molecular flexibility index (Phi) is 4.56. The van der Waals surface area contributed by atoms with Crippen molar-refractivity contribution in [3.63, 3.8) is 0 Å². The number of amides is 2. The maximum atomic E-state index is 13.9. The lowest BCUT2D eigenvalue weighted by Crippen LogP contribution is -2.37. The summed E-state index contributed by atoms with van der Waals surface area (Å²) in [5.41, 5.74) is 2.14. The third-order valence-corrected chi connectivity index (χ3v) is 5.37. The van der Waals surface area contributed by atoms with Crippen molar-refractivity contribution in [2.75, 3.05) is 5.32 Å². The van der Waals surface area contributed by atoms with Gasteiger partial charge in [0.15, 0.2) is 5.13 Å². The molecule has 1 atom stereocenters. The van der Waals surface area contributed by atoms with E-state index in [2.05, 4.69) is 10.3 Å². The number of hydrogen-bond acceptors (Lipinski definition) is 5. The number of nitrogens with zero attached hydrogens (tertiary/aromatic N) is 2. The van der Waals surface area contributed by atoms with E-state index in [-0.39, 0.29) is 23.8 Å². The van der Waals surface area contributed by atoms with Gasteiger partial charge in [-0.2, -0.15) is 0 Å². The second kappa shape index (κ2) is 7.05. The van der Waals surface area contributed by atoms with E-state index in [1.165, 1.54) is 28.5 Å². The van der Waals surface area contributed by atoms with Crippen LogP contribution in [0.3, 0.4) is 0 Å². The summed E-state index contributed by atoms with van der Waals surface area (Å²) < 4.78 is 13.9. The third-order valence-electron chi connectivity index (χ3n) is 4.68. The van der Waals surface area contributed by atoms with Crippen LogP contribution < -0.4 is 5.32 Å². The van der Waals surface area contributed by atoms with Crippen LogP contribution in [0.5, 0.6) is 5.75 Å². The molecule has 28 heavy (non-hydrogen) atoms. The molecular formula is C20H16FN3O3S. The van der Waals surface area contributed by atoms with Crippen LogP contribution in [0.1, 0.15) is 33.1 Å². The first kappa shape index (κ1) is 18.1. The Morgan fingerprint density at radius 3 is 2.89 bits per heavy atom. The molecule has 1 aromatic heterocycles.